The van der Waals surface area contributed by atoms with E-state index < -0.39 is 0 Å². The van der Waals surface area contributed by atoms with Gasteiger partial charge in [0.1, 0.15) is 0 Å². The molecule has 0 bridgehead atoms. The Hall–Kier alpha value is -0.960. The van der Waals surface area contributed by atoms with Crippen molar-refractivity contribution in [3.05, 3.63) is 29.8 Å². The fraction of sp³-hybridized carbons (Fsp3) is 0.462. The molecule has 1 aromatic rings. The van der Waals surface area contributed by atoms with Crippen LogP contribution in [0.25, 0.3) is 0 Å². The van der Waals surface area contributed by atoms with Crippen molar-refractivity contribution < 1.29 is 4.79 Å². The summed E-state index contributed by atoms with van der Waals surface area (Å²) in [5, 5.41) is 0. The van der Waals surface area contributed by atoms with Crippen LogP contribution < -0.4 is 0 Å². The summed E-state index contributed by atoms with van der Waals surface area (Å²) in [6.45, 7) is 3.74. The van der Waals surface area contributed by atoms with E-state index in [4.69, 9.17) is 0 Å². The first-order chi connectivity index (χ1) is 7.70. The lowest BCUT2D eigenvalue weighted by Gasteiger charge is -2.20. The third kappa shape index (κ3) is 2.79. The van der Waals surface area contributed by atoms with E-state index in [-0.39, 0.29) is 5.91 Å². The Morgan fingerprint density at radius 2 is 2.00 bits per heavy atom. The quantitative estimate of drug-likeness (QED) is 0.796. The first-order valence-corrected chi connectivity index (χ1v) is 6.23. The van der Waals surface area contributed by atoms with E-state index in [0.29, 0.717) is 0 Å². The fourth-order valence-electron chi connectivity index (χ4n) is 1.75. The normalized spacial score (nSPS) is 14.9. The van der Waals surface area contributed by atoms with Crippen molar-refractivity contribution in [1.29, 1.82) is 0 Å². The first-order valence-electron chi connectivity index (χ1n) is 5.79. The lowest BCUT2D eigenvalue weighted by atomic mass is 10.2. The molecule has 16 heavy (non-hydrogen) atoms. The Balaban J connectivity index is 2.06. The van der Waals surface area contributed by atoms with Crippen molar-refractivity contribution in [1.82, 2.24) is 4.90 Å². The van der Waals surface area contributed by atoms with Gasteiger partial charge in [-0.05, 0) is 49.9 Å². The van der Waals surface area contributed by atoms with Gasteiger partial charge in [-0.15, -0.1) is 12.6 Å². The van der Waals surface area contributed by atoms with Crippen LogP contribution in [0, 0.1) is 5.92 Å². The highest BCUT2D eigenvalue weighted by Gasteiger charge is 2.26. The van der Waals surface area contributed by atoms with Crippen LogP contribution >= 0.6 is 12.6 Å². The molecule has 0 N–H and O–H groups in total. The van der Waals surface area contributed by atoms with Crippen LogP contribution in [0.3, 0.4) is 0 Å². The summed E-state index contributed by atoms with van der Waals surface area (Å²) in [4.78, 5) is 15.0. The van der Waals surface area contributed by atoms with Crippen molar-refractivity contribution in [2.75, 3.05) is 13.1 Å². The summed E-state index contributed by atoms with van der Waals surface area (Å²) < 4.78 is 0. The summed E-state index contributed by atoms with van der Waals surface area (Å²) >= 11 is 4.22. The van der Waals surface area contributed by atoms with E-state index in [2.05, 4.69) is 12.6 Å². The zero-order valence-electron chi connectivity index (χ0n) is 9.52. The lowest BCUT2D eigenvalue weighted by molar-refractivity contribution is 0.0757. The number of rotatable bonds is 4. The molecule has 2 nitrogen and oxygen atoms in total. The Morgan fingerprint density at radius 1 is 1.38 bits per heavy atom. The van der Waals surface area contributed by atoms with E-state index in [1.165, 1.54) is 12.8 Å². The van der Waals surface area contributed by atoms with Crippen molar-refractivity contribution in [2.45, 2.75) is 24.7 Å². The molecular formula is C13H17NOS. The van der Waals surface area contributed by atoms with Crippen LogP contribution in [0.1, 0.15) is 30.1 Å². The molecule has 0 aliphatic heterocycles. The standard InChI is InChI=1S/C13H17NOS/c1-2-14(9-10-3-4-10)13(15)11-5-7-12(16)8-6-11/h5-8,10,16H,2-4,9H2,1H3. The Labute approximate surface area is 102 Å². The van der Waals surface area contributed by atoms with E-state index >= 15 is 0 Å². The summed E-state index contributed by atoms with van der Waals surface area (Å²) in [5.41, 5.74) is 0.764. The smallest absolute Gasteiger partial charge is 0.253 e. The summed E-state index contributed by atoms with van der Waals surface area (Å²) in [6, 6.07) is 7.42. The Bertz CT molecular complexity index is 370. The van der Waals surface area contributed by atoms with Crippen LogP contribution in [-0.2, 0) is 0 Å². The SMILES string of the molecule is CCN(CC1CC1)C(=O)c1ccc(S)cc1. The summed E-state index contributed by atoms with van der Waals surface area (Å²) in [5.74, 6) is 0.885. The highest BCUT2D eigenvalue weighted by molar-refractivity contribution is 7.80. The van der Waals surface area contributed by atoms with Crippen molar-refractivity contribution in [2.24, 2.45) is 5.92 Å². The average molecular weight is 235 g/mol. The van der Waals surface area contributed by atoms with Crippen LogP contribution in [0.5, 0.6) is 0 Å². The molecule has 1 fully saturated rings. The van der Waals surface area contributed by atoms with Gasteiger partial charge in [-0.1, -0.05) is 0 Å². The summed E-state index contributed by atoms with van der Waals surface area (Å²) in [7, 11) is 0. The predicted octanol–water partition coefficient (Wildman–Crippen LogP) is 2.85. The van der Waals surface area contributed by atoms with Crippen LogP contribution in [0.15, 0.2) is 29.2 Å². The third-order valence-corrected chi connectivity index (χ3v) is 3.26. The van der Waals surface area contributed by atoms with E-state index in [1.807, 2.05) is 36.1 Å². The van der Waals surface area contributed by atoms with Crippen LogP contribution in [-0.4, -0.2) is 23.9 Å². The number of hydrogen-bond donors (Lipinski definition) is 1. The number of carbonyl (C=O) groups is 1. The fourth-order valence-corrected chi connectivity index (χ4v) is 1.90. The molecule has 0 spiro atoms. The molecule has 0 radical (unpaired) electrons. The van der Waals surface area contributed by atoms with Crippen LogP contribution in [0.2, 0.25) is 0 Å². The van der Waals surface area contributed by atoms with E-state index in [0.717, 1.165) is 29.5 Å². The molecule has 1 aliphatic carbocycles. The molecule has 1 amide bonds. The molecule has 0 atom stereocenters. The third-order valence-electron chi connectivity index (χ3n) is 2.96. The molecule has 0 heterocycles. The van der Waals surface area contributed by atoms with Gasteiger partial charge in [0.05, 0.1) is 0 Å². The molecule has 0 aromatic heterocycles. The monoisotopic (exact) mass is 235 g/mol. The van der Waals surface area contributed by atoms with Gasteiger partial charge in [0.2, 0.25) is 0 Å². The van der Waals surface area contributed by atoms with Gasteiger partial charge >= 0.3 is 0 Å². The minimum Gasteiger partial charge on any atom is -0.339 e. The predicted molar refractivity (Wildman–Crippen MR) is 68.0 cm³/mol. The molecule has 0 saturated heterocycles. The topological polar surface area (TPSA) is 20.3 Å². The molecule has 1 aromatic carbocycles. The molecule has 1 aliphatic rings. The lowest BCUT2D eigenvalue weighted by Crippen LogP contribution is -2.32. The van der Waals surface area contributed by atoms with Gasteiger partial charge in [-0.2, -0.15) is 0 Å². The van der Waals surface area contributed by atoms with Crippen molar-refractivity contribution in [3.63, 3.8) is 0 Å². The zero-order valence-corrected chi connectivity index (χ0v) is 10.4. The highest BCUT2D eigenvalue weighted by atomic mass is 32.1. The molecular weight excluding hydrogens is 218 g/mol. The van der Waals surface area contributed by atoms with Gasteiger partial charge < -0.3 is 4.90 Å². The number of carbonyl (C=O) groups excluding carboxylic acids is 1. The molecule has 3 heteroatoms. The largest absolute Gasteiger partial charge is 0.339 e. The van der Waals surface area contributed by atoms with Gasteiger partial charge in [-0.25, -0.2) is 0 Å². The maximum absolute atomic E-state index is 12.2. The second-order valence-corrected chi connectivity index (χ2v) is 4.85. The van der Waals surface area contributed by atoms with E-state index in [1.54, 1.807) is 0 Å². The average Bonchev–Trinajstić information content (AvgIpc) is 3.10. The van der Waals surface area contributed by atoms with Crippen LogP contribution in [0.4, 0.5) is 0 Å². The zero-order chi connectivity index (χ0) is 11.5. The van der Waals surface area contributed by atoms with Crippen molar-refractivity contribution >= 4 is 18.5 Å². The van der Waals surface area contributed by atoms with Gasteiger partial charge in [0.15, 0.2) is 0 Å². The number of hydrogen-bond acceptors (Lipinski definition) is 2. The maximum atomic E-state index is 12.2. The molecule has 86 valence electrons. The minimum atomic E-state index is 0.141. The summed E-state index contributed by atoms with van der Waals surface area (Å²) in [6.07, 6.45) is 2.55. The second kappa shape index (κ2) is 4.91. The number of benzene rings is 1. The maximum Gasteiger partial charge on any atom is 0.253 e. The van der Waals surface area contributed by atoms with Gasteiger partial charge in [0, 0.05) is 23.5 Å². The highest BCUT2D eigenvalue weighted by Crippen LogP contribution is 2.30. The first kappa shape index (κ1) is 11.5. The molecule has 0 unspecified atom stereocenters. The number of thiol groups is 1. The second-order valence-electron chi connectivity index (χ2n) is 4.33. The van der Waals surface area contributed by atoms with Crippen molar-refractivity contribution in [3.8, 4) is 0 Å². The minimum absolute atomic E-state index is 0.141. The Morgan fingerprint density at radius 3 is 2.50 bits per heavy atom. The van der Waals surface area contributed by atoms with Gasteiger partial charge in [0.25, 0.3) is 5.91 Å². The molecule has 2 rings (SSSR count). The Kier molecular flexibility index (Phi) is 3.54. The molecule has 1 saturated carbocycles. The number of amides is 1. The van der Waals surface area contributed by atoms with E-state index in [9.17, 15) is 4.79 Å². The number of nitrogens with zero attached hydrogens (tertiary/aromatic N) is 1. The van der Waals surface area contributed by atoms with Gasteiger partial charge in [-0.3, -0.25) is 4.79 Å².